The van der Waals surface area contributed by atoms with Crippen LogP contribution in [0, 0.1) is 0 Å². The number of ether oxygens (including phenoxy) is 1. The van der Waals surface area contributed by atoms with Gasteiger partial charge in [0.05, 0.1) is 11.4 Å². The van der Waals surface area contributed by atoms with Gasteiger partial charge in [-0.15, -0.1) is 0 Å². The molecule has 1 saturated carbocycles. The van der Waals surface area contributed by atoms with Gasteiger partial charge in [-0.05, 0) is 19.3 Å². The minimum absolute atomic E-state index is 0.556. The maximum absolute atomic E-state index is 5.54. The van der Waals surface area contributed by atoms with Gasteiger partial charge in [-0.3, -0.25) is 0 Å². The fourth-order valence-electron chi connectivity index (χ4n) is 2.31. The molecule has 1 fully saturated rings. The van der Waals surface area contributed by atoms with Crippen molar-refractivity contribution in [2.24, 2.45) is 0 Å². The lowest BCUT2D eigenvalue weighted by Gasteiger charge is -2.09. The second-order valence-corrected chi connectivity index (χ2v) is 4.88. The van der Waals surface area contributed by atoms with Gasteiger partial charge in [0.25, 0.3) is 0 Å². The highest BCUT2D eigenvalue weighted by Crippen LogP contribution is 2.41. The molecule has 0 spiro atoms. The minimum atomic E-state index is 0.556. The van der Waals surface area contributed by atoms with E-state index >= 15 is 0 Å². The van der Waals surface area contributed by atoms with Gasteiger partial charge in [0.2, 0.25) is 0 Å². The first kappa shape index (κ1) is 11.1. The molecule has 1 aromatic heterocycles. The topological polar surface area (TPSA) is 47.0 Å². The van der Waals surface area contributed by atoms with Gasteiger partial charge in [-0.25, -0.2) is 9.97 Å². The van der Waals surface area contributed by atoms with Crippen molar-refractivity contribution in [2.75, 3.05) is 6.61 Å². The van der Waals surface area contributed by atoms with Gasteiger partial charge in [0.1, 0.15) is 6.61 Å². The van der Waals surface area contributed by atoms with E-state index in [0.29, 0.717) is 12.5 Å². The molecule has 1 N–H and O–H groups in total. The zero-order valence-corrected chi connectivity index (χ0v) is 10.3. The molecule has 0 aromatic carbocycles. The van der Waals surface area contributed by atoms with E-state index in [1.807, 2.05) is 0 Å². The molecule has 0 bridgehead atoms. The number of aromatic nitrogens is 2. The molecule has 92 valence electrons. The summed E-state index contributed by atoms with van der Waals surface area (Å²) in [5.41, 5.74) is 3.83. The Morgan fingerprint density at radius 3 is 2.94 bits per heavy atom. The van der Waals surface area contributed by atoms with E-state index in [2.05, 4.69) is 17.2 Å². The normalized spacial score (nSPS) is 18.4. The molecule has 0 radical (unpaired) electrons. The summed E-state index contributed by atoms with van der Waals surface area (Å²) in [6.45, 7) is 5.29. The Labute approximate surface area is 102 Å². The number of hydrogen-bond donors (Lipinski definition) is 1. The van der Waals surface area contributed by atoms with Crippen LogP contribution < -0.4 is 5.32 Å². The Morgan fingerprint density at radius 1 is 1.29 bits per heavy atom. The van der Waals surface area contributed by atoms with Gasteiger partial charge < -0.3 is 10.1 Å². The predicted octanol–water partition coefficient (Wildman–Crippen LogP) is 1.88. The highest BCUT2D eigenvalue weighted by molar-refractivity contribution is 5.33. The van der Waals surface area contributed by atoms with Crippen molar-refractivity contribution >= 4 is 0 Å². The molecule has 0 amide bonds. The lowest BCUT2D eigenvalue weighted by Crippen LogP contribution is -2.07. The highest BCUT2D eigenvalue weighted by atomic mass is 16.5. The second-order valence-electron chi connectivity index (χ2n) is 4.88. The van der Waals surface area contributed by atoms with Crippen LogP contribution in [0.4, 0.5) is 0 Å². The quantitative estimate of drug-likeness (QED) is 0.789. The maximum Gasteiger partial charge on any atom is 0.154 e. The number of fused-ring (bicyclic) bond motifs is 1. The average Bonchev–Trinajstić information content (AvgIpc) is 3.07. The maximum atomic E-state index is 5.54. The Bertz CT molecular complexity index is 415. The number of rotatable bonds is 5. The van der Waals surface area contributed by atoms with E-state index < -0.39 is 0 Å². The second kappa shape index (κ2) is 4.70. The Hall–Kier alpha value is -1.00. The van der Waals surface area contributed by atoms with E-state index in [1.165, 1.54) is 29.8 Å². The Kier molecular flexibility index (Phi) is 3.07. The molecule has 0 saturated heterocycles. The molecular weight excluding hydrogens is 214 g/mol. The van der Waals surface area contributed by atoms with Crippen molar-refractivity contribution in [1.82, 2.24) is 15.3 Å². The van der Waals surface area contributed by atoms with Crippen molar-refractivity contribution in [3.63, 3.8) is 0 Å². The lowest BCUT2D eigenvalue weighted by atomic mass is 10.1. The predicted molar refractivity (Wildman–Crippen MR) is 64.5 cm³/mol. The van der Waals surface area contributed by atoms with Crippen LogP contribution >= 0.6 is 0 Å². The highest BCUT2D eigenvalue weighted by Gasteiger charge is 2.31. The van der Waals surface area contributed by atoms with Crippen LogP contribution in [0.1, 0.15) is 54.9 Å². The molecule has 2 heterocycles. The summed E-state index contributed by atoms with van der Waals surface area (Å²) in [6, 6.07) is 0. The Balaban J connectivity index is 1.82. The number of nitrogens with zero attached hydrogens (tertiary/aromatic N) is 2. The fourth-order valence-corrected chi connectivity index (χ4v) is 2.31. The summed E-state index contributed by atoms with van der Waals surface area (Å²) in [7, 11) is 0. The van der Waals surface area contributed by atoms with Crippen LogP contribution in [0.15, 0.2) is 0 Å². The van der Waals surface area contributed by atoms with Crippen molar-refractivity contribution in [2.45, 2.75) is 51.8 Å². The molecule has 4 nitrogen and oxygen atoms in total. The van der Waals surface area contributed by atoms with Crippen molar-refractivity contribution in [3.05, 3.63) is 22.8 Å². The molecule has 4 heteroatoms. The van der Waals surface area contributed by atoms with Crippen LogP contribution in [0.25, 0.3) is 0 Å². The molecule has 3 rings (SSSR count). The first-order valence-corrected chi connectivity index (χ1v) is 6.55. The van der Waals surface area contributed by atoms with Crippen LogP contribution in [0.2, 0.25) is 0 Å². The average molecular weight is 233 g/mol. The lowest BCUT2D eigenvalue weighted by molar-refractivity contribution is 0.115. The molecule has 1 aromatic rings. The van der Waals surface area contributed by atoms with Crippen LogP contribution in [0.3, 0.4) is 0 Å². The third kappa shape index (κ3) is 2.33. The van der Waals surface area contributed by atoms with Crippen LogP contribution in [-0.2, 0) is 24.4 Å². The number of nitrogens with one attached hydrogen (secondary N) is 1. The zero-order valence-electron chi connectivity index (χ0n) is 10.3. The third-order valence-corrected chi connectivity index (χ3v) is 3.31. The van der Waals surface area contributed by atoms with E-state index in [4.69, 9.17) is 9.72 Å². The molecular formula is C13H19N3O. The summed E-state index contributed by atoms with van der Waals surface area (Å²) < 4.78 is 5.54. The SMILES string of the molecule is CCCOCc1nc2c(c(C3CC3)n1)CNC2. The molecule has 1 aliphatic carbocycles. The smallest absolute Gasteiger partial charge is 0.154 e. The summed E-state index contributed by atoms with van der Waals surface area (Å²) in [5, 5.41) is 3.36. The zero-order chi connectivity index (χ0) is 11.7. The summed E-state index contributed by atoms with van der Waals surface area (Å²) in [6.07, 6.45) is 3.62. The van der Waals surface area contributed by atoms with Gasteiger partial charge in [-0.2, -0.15) is 0 Å². The molecule has 2 aliphatic rings. The van der Waals surface area contributed by atoms with Gasteiger partial charge in [-0.1, -0.05) is 6.92 Å². The fraction of sp³-hybridized carbons (Fsp3) is 0.692. The summed E-state index contributed by atoms with van der Waals surface area (Å²) in [5.74, 6) is 1.55. The Morgan fingerprint density at radius 2 is 2.18 bits per heavy atom. The minimum Gasteiger partial charge on any atom is -0.373 e. The molecule has 1 aliphatic heterocycles. The molecule has 0 unspecified atom stereocenters. The van der Waals surface area contributed by atoms with E-state index in [0.717, 1.165) is 31.9 Å². The standard InChI is InChI=1S/C13H19N3O/c1-2-5-17-8-12-15-11-7-14-6-10(11)13(16-12)9-3-4-9/h9,14H,2-8H2,1H3. The van der Waals surface area contributed by atoms with Crippen molar-refractivity contribution < 1.29 is 4.74 Å². The monoisotopic (exact) mass is 233 g/mol. The largest absolute Gasteiger partial charge is 0.373 e. The van der Waals surface area contributed by atoms with E-state index in [9.17, 15) is 0 Å². The van der Waals surface area contributed by atoms with Gasteiger partial charge >= 0.3 is 0 Å². The van der Waals surface area contributed by atoms with Crippen LogP contribution in [-0.4, -0.2) is 16.6 Å². The number of hydrogen-bond acceptors (Lipinski definition) is 4. The van der Waals surface area contributed by atoms with Gasteiger partial charge in [0, 0.05) is 31.2 Å². The summed E-state index contributed by atoms with van der Waals surface area (Å²) >= 11 is 0. The van der Waals surface area contributed by atoms with Crippen molar-refractivity contribution in [3.8, 4) is 0 Å². The van der Waals surface area contributed by atoms with Crippen LogP contribution in [0.5, 0.6) is 0 Å². The third-order valence-electron chi connectivity index (χ3n) is 3.31. The first-order chi connectivity index (χ1) is 8.38. The summed E-state index contributed by atoms with van der Waals surface area (Å²) in [4.78, 5) is 9.30. The van der Waals surface area contributed by atoms with E-state index in [1.54, 1.807) is 0 Å². The first-order valence-electron chi connectivity index (χ1n) is 6.55. The van der Waals surface area contributed by atoms with Gasteiger partial charge in [0.15, 0.2) is 5.82 Å². The van der Waals surface area contributed by atoms with Crippen molar-refractivity contribution in [1.29, 1.82) is 0 Å². The molecule has 0 atom stereocenters. The molecule has 17 heavy (non-hydrogen) atoms. The van der Waals surface area contributed by atoms with E-state index in [-0.39, 0.29) is 0 Å².